The van der Waals surface area contributed by atoms with Crippen molar-refractivity contribution < 1.29 is 19.8 Å². The summed E-state index contributed by atoms with van der Waals surface area (Å²) in [5, 5.41) is 20.5. The molecule has 0 bridgehead atoms. The number of benzene rings is 1. The van der Waals surface area contributed by atoms with Gasteiger partial charge in [0.1, 0.15) is 11.9 Å². The number of urea groups is 1. The van der Waals surface area contributed by atoms with E-state index in [1.54, 1.807) is 6.20 Å². The number of piperidine rings is 1. The van der Waals surface area contributed by atoms with Gasteiger partial charge in [-0.3, -0.25) is 4.79 Å². The van der Waals surface area contributed by atoms with Crippen molar-refractivity contribution in [3.8, 4) is 0 Å². The summed E-state index contributed by atoms with van der Waals surface area (Å²) in [7, 11) is 1.89. The van der Waals surface area contributed by atoms with Crippen molar-refractivity contribution in [1.82, 2.24) is 19.8 Å². The highest BCUT2D eigenvalue weighted by atomic mass is 16.3. The largest absolute Gasteiger partial charge is 0.483 e. The Hall–Kier alpha value is -2.87. The maximum absolute atomic E-state index is 12.4. The van der Waals surface area contributed by atoms with Gasteiger partial charge in [-0.25, -0.2) is 9.78 Å². The second-order valence-electron chi connectivity index (χ2n) is 7.60. The quantitative estimate of drug-likeness (QED) is 0.495. The fourth-order valence-corrected chi connectivity index (χ4v) is 3.76. The van der Waals surface area contributed by atoms with Gasteiger partial charge in [-0.05, 0) is 44.1 Å². The van der Waals surface area contributed by atoms with Crippen LogP contribution in [0.4, 0.5) is 4.79 Å². The Kier molecular flexibility index (Phi) is 9.34. The van der Waals surface area contributed by atoms with E-state index in [4.69, 9.17) is 9.90 Å². The first-order valence-corrected chi connectivity index (χ1v) is 10.3. The molecule has 8 nitrogen and oxygen atoms in total. The van der Waals surface area contributed by atoms with Crippen molar-refractivity contribution >= 4 is 12.5 Å². The first-order valence-electron chi connectivity index (χ1n) is 10.3. The molecule has 3 N–H and O–H groups in total. The molecule has 0 saturated carbocycles. The number of aliphatic hydroxyl groups is 1. The highest BCUT2D eigenvalue weighted by Crippen LogP contribution is 2.29. The standard InChI is InChI=1S/C21H30N4O2.CH2O2/c1-16-5-3-6-17(15-16)7-4-10-23-21(27)25-12-8-18(9-13-25)19(26)20-22-11-14-24(20)2;2-1-3/h3,5-6,11,14-15,18-19,26H,4,7-10,12-13H2,1-2H3,(H,23,27);1H,(H,2,3). The maximum Gasteiger partial charge on any atom is 0.317 e. The number of aliphatic hydroxyl groups excluding tert-OH is 1. The van der Waals surface area contributed by atoms with Gasteiger partial charge in [0.05, 0.1) is 0 Å². The summed E-state index contributed by atoms with van der Waals surface area (Å²) in [6.07, 6.45) is 6.49. The van der Waals surface area contributed by atoms with Crippen LogP contribution in [0.2, 0.25) is 0 Å². The summed E-state index contributed by atoms with van der Waals surface area (Å²) in [4.78, 5) is 26.8. The smallest absolute Gasteiger partial charge is 0.317 e. The number of aryl methyl sites for hydroxylation is 3. The van der Waals surface area contributed by atoms with Crippen molar-refractivity contribution in [2.24, 2.45) is 13.0 Å². The molecule has 1 aromatic carbocycles. The van der Waals surface area contributed by atoms with Crippen LogP contribution in [0, 0.1) is 12.8 Å². The maximum atomic E-state index is 12.4. The molecular weight excluding hydrogens is 384 g/mol. The van der Waals surface area contributed by atoms with E-state index < -0.39 is 6.10 Å². The number of hydrogen-bond acceptors (Lipinski definition) is 4. The van der Waals surface area contributed by atoms with Gasteiger partial charge >= 0.3 is 6.03 Å². The van der Waals surface area contributed by atoms with Crippen molar-refractivity contribution in [3.05, 3.63) is 53.6 Å². The Bertz CT molecular complexity index is 800. The molecule has 1 fully saturated rings. The number of carbonyl (C=O) groups excluding carboxylic acids is 1. The summed E-state index contributed by atoms with van der Waals surface area (Å²) in [5.74, 6) is 0.852. The molecule has 0 aliphatic carbocycles. The second kappa shape index (κ2) is 12.0. The molecule has 2 aromatic rings. The van der Waals surface area contributed by atoms with Crippen LogP contribution in [0.3, 0.4) is 0 Å². The third-order valence-corrected chi connectivity index (χ3v) is 5.40. The lowest BCUT2D eigenvalue weighted by atomic mass is 9.91. The lowest BCUT2D eigenvalue weighted by Gasteiger charge is -2.34. The topological polar surface area (TPSA) is 108 Å². The second-order valence-corrected chi connectivity index (χ2v) is 7.60. The van der Waals surface area contributed by atoms with Gasteiger partial charge in [-0.2, -0.15) is 0 Å². The van der Waals surface area contributed by atoms with E-state index in [0.29, 0.717) is 25.5 Å². The Morgan fingerprint density at radius 2 is 2.07 bits per heavy atom. The highest BCUT2D eigenvalue weighted by Gasteiger charge is 2.29. The number of carboxylic acid groups (broad SMARTS) is 1. The van der Waals surface area contributed by atoms with Crippen LogP contribution < -0.4 is 5.32 Å². The molecule has 1 aliphatic heterocycles. The van der Waals surface area contributed by atoms with Crippen LogP contribution in [-0.2, 0) is 18.3 Å². The monoisotopic (exact) mass is 416 g/mol. The zero-order chi connectivity index (χ0) is 21.9. The predicted molar refractivity (Wildman–Crippen MR) is 114 cm³/mol. The molecule has 0 spiro atoms. The summed E-state index contributed by atoms with van der Waals surface area (Å²) in [6.45, 7) is 3.88. The van der Waals surface area contributed by atoms with E-state index in [2.05, 4.69) is 41.5 Å². The number of nitrogens with one attached hydrogen (secondary N) is 1. The van der Waals surface area contributed by atoms with E-state index in [0.717, 1.165) is 25.7 Å². The number of amides is 2. The molecule has 0 radical (unpaired) electrons. The van der Waals surface area contributed by atoms with Crippen molar-refractivity contribution in [3.63, 3.8) is 0 Å². The molecule has 1 aliphatic rings. The van der Waals surface area contributed by atoms with Gasteiger partial charge in [0.2, 0.25) is 0 Å². The molecule has 1 atom stereocenters. The van der Waals surface area contributed by atoms with E-state index in [1.807, 2.05) is 22.7 Å². The van der Waals surface area contributed by atoms with E-state index >= 15 is 0 Å². The first-order chi connectivity index (χ1) is 14.5. The molecule has 164 valence electrons. The fourth-order valence-electron chi connectivity index (χ4n) is 3.76. The van der Waals surface area contributed by atoms with Crippen LogP contribution in [0.25, 0.3) is 0 Å². The summed E-state index contributed by atoms with van der Waals surface area (Å²) < 4.78 is 1.86. The van der Waals surface area contributed by atoms with Gasteiger partial charge in [-0.1, -0.05) is 29.8 Å². The molecule has 2 amide bonds. The van der Waals surface area contributed by atoms with E-state index in [9.17, 15) is 9.90 Å². The van der Waals surface area contributed by atoms with Crippen LogP contribution in [0.5, 0.6) is 0 Å². The molecule has 1 aromatic heterocycles. The average molecular weight is 417 g/mol. The van der Waals surface area contributed by atoms with Crippen LogP contribution in [-0.4, -0.2) is 56.8 Å². The van der Waals surface area contributed by atoms with E-state index in [1.165, 1.54) is 11.1 Å². The van der Waals surface area contributed by atoms with E-state index in [-0.39, 0.29) is 18.4 Å². The Balaban J connectivity index is 0.00000101. The number of nitrogens with zero attached hydrogens (tertiary/aromatic N) is 3. The Labute approximate surface area is 177 Å². The van der Waals surface area contributed by atoms with Crippen molar-refractivity contribution in [1.29, 1.82) is 0 Å². The third kappa shape index (κ3) is 6.88. The molecule has 8 heteroatoms. The number of carbonyl (C=O) groups is 2. The molecule has 30 heavy (non-hydrogen) atoms. The van der Waals surface area contributed by atoms with Crippen molar-refractivity contribution in [2.75, 3.05) is 19.6 Å². The molecule has 1 unspecified atom stereocenters. The lowest BCUT2D eigenvalue weighted by molar-refractivity contribution is -0.122. The van der Waals surface area contributed by atoms with Gasteiger partial charge in [0.25, 0.3) is 6.47 Å². The Morgan fingerprint density at radius 1 is 1.37 bits per heavy atom. The van der Waals surface area contributed by atoms with Crippen molar-refractivity contribution in [2.45, 2.75) is 38.7 Å². The summed E-state index contributed by atoms with van der Waals surface area (Å²) >= 11 is 0. The van der Waals surface area contributed by atoms with Crippen LogP contribution in [0.1, 0.15) is 42.3 Å². The molecular formula is C22H32N4O4. The minimum absolute atomic E-state index is 0.00386. The number of rotatable bonds is 6. The van der Waals surface area contributed by atoms with Crippen LogP contribution in [0.15, 0.2) is 36.7 Å². The number of hydrogen-bond donors (Lipinski definition) is 3. The molecule has 2 heterocycles. The third-order valence-electron chi connectivity index (χ3n) is 5.40. The zero-order valence-corrected chi connectivity index (χ0v) is 17.7. The van der Waals surface area contributed by atoms with Crippen LogP contribution >= 0.6 is 0 Å². The number of aromatic nitrogens is 2. The summed E-state index contributed by atoms with van der Waals surface area (Å²) in [6, 6.07) is 8.50. The first kappa shape index (κ1) is 23.4. The minimum Gasteiger partial charge on any atom is -0.483 e. The normalized spacial score (nSPS) is 15.1. The predicted octanol–water partition coefficient (Wildman–Crippen LogP) is 2.52. The SMILES string of the molecule is Cc1cccc(CCCNC(=O)N2CCC(C(O)c3nccn3C)CC2)c1.O=CO. The minimum atomic E-state index is -0.565. The number of imidazole rings is 1. The number of likely N-dealkylation sites (tertiary alicyclic amines) is 1. The Morgan fingerprint density at radius 3 is 2.67 bits per heavy atom. The molecule has 1 saturated heterocycles. The van der Waals surface area contributed by atoms with Gasteiger partial charge < -0.3 is 25.0 Å². The average Bonchev–Trinajstić information content (AvgIpc) is 3.17. The van der Waals surface area contributed by atoms with Gasteiger partial charge in [0, 0.05) is 39.1 Å². The fraction of sp³-hybridized carbons (Fsp3) is 0.500. The zero-order valence-electron chi connectivity index (χ0n) is 17.7. The van der Waals surface area contributed by atoms with Gasteiger partial charge in [0.15, 0.2) is 0 Å². The lowest BCUT2D eigenvalue weighted by Crippen LogP contribution is -2.45. The highest BCUT2D eigenvalue weighted by molar-refractivity contribution is 5.74. The summed E-state index contributed by atoms with van der Waals surface area (Å²) in [5.41, 5.74) is 2.58. The van der Waals surface area contributed by atoms with Gasteiger partial charge in [-0.15, -0.1) is 0 Å². The molecule has 3 rings (SSSR count).